The molecule has 3 amide bonds. The smallest absolute Gasteiger partial charge is 0.273 e. The number of nitrogens with zero attached hydrogens (tertiary/aromatic N) is 2. The molecule has 0 aliphatic carbocycles. The van der Waals surface area contributed by atoms with Crippen LogP contribution in [0.15, 0.2) is 48.5 Å². The number of amides is 3. The summed E-state index contributed by atoms with van der Waals surface area (Å²) in [6.45, 7) is 8.88. The van der Waals surface area contributed by atoms with Crippen LogP contribution in [-0.4, -0.2) is 35.2 Å². The summed E-state index contributed by atoms with van der Waals surface area (Å²) in [6.07, 6.45) is 0.782. The normalized spacial score (nSPS) is 11.7. The third kappa shape index (κ3) is 6.65. The van der Waals surface area contributed by atoms with Gasteiger partial charge >= 0.3 is 0 Å². The Balaban J connectivity index is 2.15. The van der Waals surface area contributed by atoms with Crippen molar-refractivity contribution in [1.29, 1.82) is 0 Å². The van der Waals surface area contributed by atoms with Gasteiger partial charge in [0.25, 0.3) is 11.8 Å². The number of ether oxygens (including phenoxy) is 1. The molecule has 0 aliphatic heterocycles. The Hall–Kier alpha value is -3.92. The van der Waals surface area contributed by atoms with Crippen molar-refractivity contribution in [2.75, 3.05) is 23.8 Å². The molecule has 37 heavy (non-hydrogen) atoms. The number of anilines is 2. The Labute approximate surface area is 221 Å². The minimum atomic E-state index is -1.03. The predicted molar refractivity (Wildman–Crippen MR) is 146 cm³/mol. The first kappa shape index (κ1) is 27.7. The van der Waals surface area contributed by atoms with Gasteiger partial charge in [0.1, 0.15) is 16.7 Å². The van der Waals surface area contributed by atoms with Gasteiger partial charge in [0.15, 0.2) is 5.69 Å². The molecule has 1 heterocycles. The lowest BCUT2D eigenvalue weighted by Crippen LogP contribution is -2.44. The topological polar surface area (TPSA) is 141 Å². The Bertz CT molecular complexity index is 1260. The van der Waals surface area contributed by atoms with Crippen LogP contribution in [0.5, 0.6) is 5.75 Å². The Kier molecular flexibility index (Phi) is 9.24. The van der Waals surface area contributed by atoms with E-state index in [9.17, 15) is 14.4 Å². The van der Waals surface area contributed by atoms with Gasteiger partial charge in [-0.1, -0.05) is 38.1 Å². The van der Waals surface area contributed by atoms with Crippen molar-refractivity contribution in [3.63, 3.8) is 0 Å². The van der Waals surface area contributed by atoms with E-state index in [1.807, 2.05) is 32.0 Å². The molecule has 1 aromatic heterocycles. The number of nitrogen functional groups attached to an aromatic ring is 1. The van der Waals surface area contributed by atoms with Crippen LogP contribution in [0.3, 0.4) is 0 Å². The summed E-state index contributed by atoms with van der Waals surface area (Å²) in [5.41, 5.74) is 13.2. The van der Waals surface area contributed by atoms with E-state index >= 15 is 0 Å². The number of carbonyl (C=O) groups excluding carboxylic acids is 3. The van der Waals surface area contributed by atoms with Gasteiger partial charge in [0.2, 0.25) is 5.91 Å². The average Bonchev–Trinajstić information content (AvgIpc) is 3.24. The minimum Gasteiger partial charge on any atom is -0.494 e. The highest BCUT2D eigenvalue weighted by Crippen LogP contribution is 2.34. The first-order valence-corrected chi connectivity index (χ1v) is 12.9. The first-order valence-electron chi connectivity index (χ1n) is 12.1. The summed E-state index contributed by atoms with van der Waals surface area (Å²) >= 11 is 0.776. The fraction of sp³-hybridized carbons (Fsp3) is 0.333. The van der Waals surface area contributed by atoms with Gasteiger partial charge in [-0.15, -0.1) is 0 Å². The van der Waals surface area contributed by atoms with E-state index in [-0.39, 0.29) is 22.2 Å². The number of nitrogens with one attached hydrogen (secondary N) is 1. The number of hydrogen-bond acceptors (Lipinski definition) is 7. The van der Waals surface area contributed by atoms with E-state index in [1.54, 1.807) is 30.3 Å². The summed E-state index contributed by atoms with van der Waals surface area (Å²) in [5, 5.41) is 2.98. The monoisotopic (exact) mass is 523 g/mol. The molecule has 0 saturated carbocycles. The number of benzene rings is 2. The number of nitrogens with two attached hydrogens (primary N) is 2. The van der Waals surface area contributed by atoms with Crippen LogP contribution < -0.4 is 26.4 Å². The molecular formula is C27H33N5O4S. The zero-order chi connectivity index (χ0) is 27.1. The highest BCUT2D eigenvalue weighted by atomic mass is 32.1. The molecule has 0 bridgehead atoms. The highest BCUT2D eigenvalue weighted by molar-refractivity contribution is 7.09. The van der Waals surface area contributed by atoms with Gasteiger partial charge < -0.3 is 21.5 Å². The number of carbonyl (C=O) groups is 3. The van der Waals surface area contributed by atoms with E-state index in [4.69, 9.17) is 16.2 Å². The second kappa shape index (κ2) is 12.4. The molecule has 196 valence electrons. The average molecular weight is 524 g/mol. The molecule has 9 nitrogen and oxygen atoms in total. The molecule has 0 fully saturated rings. The summed E-state index contributed by atoms with van der Waals surface area (Å²) in [7, 11) is 0. The van der Waals surface area contributed by atoms with Crippen molar-refractivity contribution in [2.24, 2.45) is 11.7 Å². The lowest BCUT2D eigenvalue weighted by molar-refractivity contribution is -0.122. The summed E-state index contributed by atoms with van der Waals surface area (Å²) in [6, 6.07) is 13.3. The van der Waals surface area contributed by atoms with Crippen molar-refractivity contribution < 1.29 is 19.1 Å². The fourth-order valence-electron chi connectivity index (χ4n) is 3.81. The third-order valence-corrected chi connectivity index (χ3v) is 6.54. The van der Waals surface area contributed by atoms with Crippen molar-refractivity contribution in [3.05, 3.63) is 70.2 Å². The van der Waals surface area contributed by atoms with Crippen LogP contribution in [0.25, 0.3) is 0 Å². The summed E-state index contributed by atoms with van der Waals surface area (Å²) in [5.74, 6) is -0.701. The van der Waals surface area contributed by atoms with E-state index in [0.717, 1.165) is 23.5 Å². The number of hydrogen-bond donors (Lipinski definition) is 3. The first-order chi connectivity index (χ1) is 17.6. The lowest BCUT2D eigenvalue weighted by atomic mass is 10.0. The number of aryl methyl sites for hydroxylation is 1. The van der Waals surface area contributed by atoms with Gasteiger partial charge in [-0.3, -0.25) is 19.3 Å². The molecule has 2 aromatic carbocycles. The van der Waals surface area contributed by atoms with Gasteiger partial charge in [0.05, 0.1) is 12.3 Å². The predicted octanol–water partition coefficient (Wildman–Crippen LogP) is 4.08. The maximum absolute atomic E-state index is 14.0. The maximum Gasteiger partial charge on any atom is 0.273 e. The molecule has 0 spiro atoms. The molecule has 5 N–H and O–H groups in total. The third-order valence-electron chi connectivity index (χ3n) is 5.69. The highest BCUT2D eigenvalue weighted by Gasteiger charge is 2.36. The SMILES string of the molecule is CCOc1ccc(C(C(=O)NCCC(C)C)N(C(=O)c2snc(C(N)=O)c2N)c2cccc(C)c2)cc1. The van der Waals surface area contributed by atoms with Crippen LogP contribution in [0.2, 0.25) is 0 Å². The molecule has 3 rings (SSSR count). The van der Waals surface area contributed by atoms with E-state index in [2.05, 4.69) is 23.5 Å². The summed E-state index contributed by atoms with van der Waals surface area (Å²) in [4.78, 5) is 40.9. The molecule has 10 heteroatoms. The Morgan fingerprint density at radius 2 is 1.84 bits per heavy atom. The molecule has 3 aromatic rings. The molecule has 1 atom stereocenters. The number of rotatable bonds is 11. The van der Waals surface area contributed by atoms with Crippen molar-refractivity contribution in [2.45, 2.75) is 40.2 Å². The van der Waals surface area contributed by atoms with Gasteiger partial charge in [-0.2, -0.15) is 4.37 Å². The van der Waals surface area contributed by atoms with Crippen LogP contribution >= 0.6 is 11.5 Å². The lowest BCUT2D eigenvalue weighted by Gasteiger charge is -2.31. The van der Waals surface area contributed by atoms with Crippen molar-refractivity contribution >= 4 is 40.6 Å². The second-order valence-corrected chi connectivity index (χ2v) is 9.80. The molecular weight excluding hydrogens is 490 g/mol. The van der Waals surface area contributed by atoms with Crippen LogP contribution in [0.4, 0.5) is 11.4 Å². The van der Waals surface area contributed by atoms with Crippen molar-refractivity contribution in [1.82, 2.24) is 9.69 Å². The van der Waals surface area contributed by atoms with E-state index in [1.165, 1.54) is 4.90 Å². The van der Waals surface area contributed by atoms with E-state index in [0.29, 0.717) is 36.1 Å². The standard InChI is InChI=1S/C27H33N5O4S/c1-5-36-20-11-9-18(10-12-20)23(26(34)30-14-13-16(2)3)32(19-8-6-7-17(4)15-19)27(35)24-21(28)22(25(29)33)31-37-24/h6-12,15-16,23H,5,13-14,28H2,1-4H3,(H2,29,33)(H,30,34). The number of primary amides is 1. The quantitative estimate of drug-likeness (QED) is 0.346. The molecule has 1 unspecified atom stereocenters. The van der Waals surface area contributed by atoms with Gasteiger partial charge in [-0.25, -0.2) is 0 Å². The van der Waals surface area contributed by atoms with Gasteiger partial charge in [-0.05, 0) is 73.1 Å². The second-order valence-electron chi connectivity index (χ2n) is 9.03. The fourth-order valence-corrected chi connectivity index (χ4v) is 4.55. The molecule has 0 aliphatic rings. The maximum atomic E-state index is 14.0. The number of aromatic nitrogens is 1. The van der Waals surface area contributed by atoms with Crippen LogP contribution in [0, 0.1) is 12.8 Å². The largest absolute Gasteiger partial charge is 0.494 e. The molecule has 0 radical (unpaired) electrons. The van der Waals surface area contributed by atoms with Crippen molar-refractivity contribution in [3.8, 4) is 5.75 Å². The van der Waals surface area contributed by atoms with Crippen LogP contribution in [0.1, 0.15) is 64.5 Å². The summed E-state index contributed by atoms with van der Waals surface area (Å²) < 4.78 is 9.55. The van der Waals surface area contributed by atoms with E-state index < -0.39 is 17.9 Å². The molecule has 0 saturated heterocycles. The Morgan fingerprint density at radius 3 is 2.41 bits per heavy atom. The van der Waals surface area contributed by atoms with Gasteiger partial charge in [0, 0.05) is 12.2 Å². The zero-order valence-electron chi connectivity index (χ0n) is 21.5. The zero-order valence-corrected chi connectivity index (χ0v) is 22.3. The Morgan fingerprint density at radius 1 is 1.14 bits per heavy atom. The van der Waals surface area contributed by atoms with Crippen LogP contribution in [-0.2, 0) is 4.79 Å². The minimum absolute atomic E-state index is 0.0289.